The summed E-state index contributed by atoms with van der Waals surface area (Å²) < 4.78 is 1.82. The van der Waals surface area contributed by atoms with Gasteiger partial charge in [0, 0.05) is 7.05 Å². The van der Waals surface area contributed by atoms with Crippen molar-refractivity contribution in [3.8, 4) is 0 Å². The Morgan fingerprint density at radius 2 is 2.36 bits per heavy atom. The minimum Gasteiger partial charge on any atom is -0.476 e. The summed E-state index contributed by atoms with van der Waals surface area (Å²) in [5.41, 5.74) is -0.138. The highest BCUT2D eigenvalue weighted by atomic mass is 79.9. The minimum atomic E-state index is -1.13. The topological polar surface area (TPSA) is 55.1 Å². The number of aryl methyl sites for hydroxylation is 1. The molecule has 6 heteroatoms. The molecule has 1 N–H and O–H groups in total. The average Bonchev–Trinajstić information content (AvgIpc) is 2.17. The molecule has 0 unspecified atom stereocenters. The summed E-state index contributed by atoms with van der Waals surface area (Å²) in [5, 5.41) is 12.3. The van der Waals surface area contributed by atoms with Crippen LogP contribution in [-0.4, -0.2) is 20.9 Å². The van der Waals surface area contributed by atoms with Gasteiger partial charge < -0.3 is 5.11 Å². The molecule has 0 aromatic carbocycles. The first-order valence-electron chi connectivity index (χ1n) is 2.65. The Kier molecular flexibility index (Phi) is 2.20. The molecule has 0 radical (unpaired) electrons. The number of aromatic nitrogens is 2. The smallest absolute Gasteiger partial charge is 0.358 e. The summed E-state index contributed by atoms with van der Waals surface area (Å²) in [4.78, 5) is 10.4. The number of hydrogen-bond acceptors (Lipinski definition) is 2. The maximum absolute atomic E-state index is 10.4. The Bertz CT molecular complexity index is 310. The second-order valence-electron chi connectivity index (χ2n) is 1.88. The maximum Gasteiger partial charge on any atom is 0.358 e. The first kappa shape index (κ1) is 8.55. The van der Waals surface area contributed by atoms with E-state index >= 15 is 0 Å². The van der Waals surface area contributed by atoms with Gasteiger partial charge in [0.15, 0.2) is 5.69 Å². The average molecular weight is 239 g/mol. The summed E-state index contributed by atoms with van der Waals surface area (Å²) in [6.45, 7) is 0. The molecule has 1 aromatic rings. The van der Waals surface area contributed by atoms with Gasteiger partial charge in [-0.2, -0.15) is 5.10 Å². The van der Waals surface area contributed by atoms with Gasteiger partial charge in [-0.1, -0.05) is 11.6 Å². The summed E-state index contributed by atoms with van der Waals surface area (Å²) in [7, 11) is 1.60. The molecule has 0 aliphatic carbocycles. The normalized spacial score (nSPS) is 10.1. The molecule has 0 aliphatic rings. The van der Waals surface area contributed by atoms with Crippen LogP contribution in [-0.2, 0) is 7.05 Å². The highest BCUT2D eigenvalue weighted by Crippen LogP contribution is 2.24. The Balaban J connectivity index is 3.29. The Morgan fingerprint density at radius 3 is 2.55 bits per heavy atom. The number of halogens is 2. The molecule has 0 amide bonds. The number of rotatable bonds is 1. The van der Waals surface area contributed by atoms with Crippen molar-refractivity contribution >= 4 is 33.5 Å². The van der Waals surface area contributed by atoms with E-state index in [1.54, 1.807) is 7.05 Å². The Morgan fingerprint density at radius 1 is 1.82 bits per heavy atom. The van der Waals surface area contributed by atoms with E-state index in [-0.39, 0.29) is 10.7 Å². The molecule has 60 valence electrons. The molecular formula is C5H4BrClN2O2. The Hall–Kier alpha value is -0.550. The van der Waals surface area contributed by atoms with Gasteiger partial charge >= 0.3 is 5.97 Å². The maximum atomic E-state index is 10.4. The van der Waals surface area contributed by atoms with Crippen molar-refractivity contribution in [3.63, 3.8) is 0 Å². The molecule has 1 aromatic heterocycles. The zero-order valence-corrected chi connectivity index (χ0v) is 7.85. The van der Waals surface area contributed by atoms with Crippen LogP contribution in [0.1, 0.15) is 10.5 Å². The number of nitrogens with zero attached hydrogens (tertiary/aromatic N) is 2. The molecule has 4 nitrogen and oxygen atoms in total. The fourth-order valence-corrected chi connectivity index (χ4v) is 1.12. The minimum absolute atomic E-state index is 0.125. The van der Waals surface area contributed by atoms with Crippen molar-refractivity contribution in [1.29, 1.82) is 0 Å². The fourth-order valence-electron chi connectivity index (χ4n) is 0.614. The van der Waals surface area contributed by atoms with Crippen molar-refractivity contribution in [1.82, 2.24) is 9.78 Å². The van der Waals surface area contributed by atoms with E-state index in [9.17, 15) is 4.79 Å². The van der Waals surface area contributed by atoms with E-state index < -0.39 is 5.97 Å². The van der Waals surface area contributed by atoms with Gasteiger partial charge in [0.1, 0.15) is 9.63 Å². The van der Waals surface area contributed by atoms with E-state index in [0.717, 1.165) is 0 Å². The summed E-state index contributed by atoms with van der Waals surface area (Å²) in [5.74, 6) is -1.13. The van der Waals surface area contributed by atoms with Crippen molar-refractivity contribution in [2.75, 3.05) is 0 Å². The zero-order chi connectivity index (χ0) is 8.59. The van der Waals surface area contributed by atoms with Crippen LogP contribution in [0.2, 0.25) is 5.02 Å². The van der Waals surface area contributed by atoms with Gasteiger partial charge in [-0.3, -0.25) is 4.68 Å². The van der Waals surface area contributed by atoms with Crippen LogP contribution >= 0.6 is 27.5 Å². The molecule has 1 heterocycles. The number of carbonyl (C=O) groups is 1. The molecule has 0 saturated carbocycles. The predicted molar refractivity (Wildman–Crippen MR) is 42.9 cm³/mol. The molecule has 0 bridgehead atoms. The van der Waals surface area contributed by atoms with Gasteiger partial charge in [-0.15, -0.1) is 0 Å². The molecule has 0 saturated heterocycles. The van der Waals surface area contributed by atoms with E-state index in [0.29, 0.717) is 4.60 Å². The molecule has 0 fully saturated rings. The van der Waals surface area contributed by atoms with Crippen molar-refractivity contribution in [3.05, 3.63) is 15.3 Å². The van der Waals surface area contributed by atoms with E-state index in [1.165, 1.54) is 4.68 Å². The first-order valence-corrected chi connectivity index (χ1v) is 3.82. The van der Waals surface area contributed by atoms with Gasteiger partial charge in [0.25, 0.3) is 0 Å². The summed E-state index contributed by atoms with van der Waals surface area (Å²) in [6, 6.07) is 0. The van der Waals surface area contributed by atoms with Crippen LogP contribution in [0, 0.1) is 0 Å². The number of carboxylic acids is 1. The van der Waals surface area contributed by atoms with Crippen molar-refractivity contribution in [2.45, 2.75) is 0 Å². The lowest BCUT2D eigenvalue weighted by molar-refractivity contribution is 0.0690. The van der Waals surface area contributed by atoms with Gasteiger partial charge in [-0.05, 0) is 15.9 Å². The van der Waals surface area contributed by atoms with Crippen molar-refractivity contribution in [2.24, 2.45) is 7.05 Å². The van der Waals surface area contributed by atoms with E-state index in [2.05, 4.69) is 21.0 Å². The first-order chi connectivity index (χ1) is 5.04. The lowest BCUT2D eigenvalue weighted by atomic mass is 10.4. The summed E-state index contributed by atoms with van der Waals surface area (Å²) >= 11 is 8.67. The van der Waals surface area contributed by atoms with Gasteiger partial charge in [0.2, 0.25) is 0 Å². The molecule has 0 aliphatic heterocycles. The molecule has 0 atom stereocenters. The molecule has 1 rings (SSSR count). The number of hydrogen-bond donors (Lipinski definition) is 1. The van der Waals surface area contributed by atoms with Crippen LogP contribution in [0.5, 0.6) is 0 Å². The number of aromatic carboxylic acids is 1. The number of carboxylic acid groups (broad SMARTS) is 1. The molecule has 0 spiro atoms. The lowest BCUT2D eigenvalue weighted by Gasteiger charge is -1.86. The second-order valence-corrected chi connectivity index (χ2v) is 3.01. The van der Waals surface area contributed by atoms with Crippen LogP contribution in [0.15, 0.2) is 4.60 Å². The summed E-state index contributed by atoms with van der Waals surface area (Å²) in [6.07, 6.45) is 0. The van der Waals surface area contributed by atoms with Gasteiger partial charge in [0.05, 0.1) is 0 Å². The third-order valence-electron chi connectivity index (χ3n) is 1.13. The lowest BCUT2D eigenvalue weighted by Crippen LogP contribution is -1.99. The Labute approximate surface area is 75.9 Å². The third-order valence-corrected chi connectivity index (χ3v) is 2.62. The van der Waals surface area contributed by atoms with Crippen molar-refractivity contribution < 1.29 is 9.90 Å². The monoisotopic (exact) mass is 238 g/mol. The predicted octanol–water partition coefficient (Wildman–Crippen LogP) is 1.53. The van der Waals surface area contributed by atoms with E-state index in [1.807, 2.05) is 0 Å². The zero-order valence-electron chi connectivity index (χ0n) is 5.51. The largest absolute Gasteiger partial charge is 0.476 e. The van der Waals surface area contributed by atoms with E-state index in [4.69, 9.17) is 16.7 Å². The standard InChI is InChI=1S/C5H4BrClN2O2/c1-9-4(6)2(7)3(8-9)5(10)11/h1H3,(H,10,11). The fraction of sp³-hybridized carbons (Fsp3) is 0.200. The quantitative estimate of drug-likeness (QED) is 0.809. The van der Waals surface area contributed by atoms with Gasteiger partial charge in [-0.25, -0.2) is 4.79 Å². The second kappa shape index (κ2) is 2.83. The van der Waals surface area contributed by atoms with Crippen LogP contribution in [0.4, 0.5) is 0 Å². The SMILES string of the molecule is Cn1nc(C(=O)O)c(Cl)c1Br. The highest BCUT2D eigenvalue weighted by molar-refractivity contribution is 9.10. The van der Waals surface area contributed by atoms with Crippen LogP contribution < -0.4 is 0 Å². The van der Waals surface area contributed by atoms with Crippen LogP contribution in [0.3, 0.4) is 0 Å². The molecular weight excluding hydrogens is 235 g/mol. The third kappa shape index (κ3) is 1.39. The van der Waals surface area contributed by atoms with Crippen LogP contribution in [0.25, 0.3) is 0 Å². The highest BCUT2D eigenvalue weighted by Gasteiger charge is 2.17. The molecule has 11 heavy (non-hydrogen) atoms.